The summed E-state index contributed by atoms with van der Waals surface area (Å²) < 4.78 is 4.26. The average Bonchev–Trinajstić information content (AvgIpc) is 1.89. The summed E-state index contributed by atoms with van der Waals surface area (Å²) in [4.78, 5) is 9.67. The first-order valence-electron chi connectivity index (χ1n) is 3.58. The predicted octanol–water partition coefficient (Wildman–Crippen LogP) is 0.830. The molecule has 10 heavy (non-hydrogen) atoms. The SMILES string of the molecule is CCCCCB(O)OC=O. The highest BCUT2D eigenvalue weighted by molar-refractivity contribution is 6.44. The van der Waals surface area contributed by atoms with Crippen molar-refractivity contribution in [2.75, 3.05) is 0 Å². The zero-order valence-corrected chi connectivity index (χ0v) is 6.25. The van der Waals surface area contributed by atoms with Crippen LogP contribution in [-0.2, 0) is 9.45 Å². The minimum atomic E-state index is -0.899. The van der Waals surface area contributed by atoms with Crippen molar-refractivity contribution >= 4 is 13.6 Å². The van der Waals surface area contributed by atoms with Crippen LogP contribution >= 0.6 is 0 Å². The third kappa shape index (κ3) is 5.63. The van der Waals surface area contributed by atoms with Crippen LogP contribution in [0, 0.1) is 0 Å². The smallest absolute Gasteiger partial charge is 0.512 e. The van der Waals surface area contributed by atoms with Gasteiger partial charge in [0, 0.05) is 0 Å². The highest BCUT2D eigenvalue weighted by Gasteiger charge is 2.11. The Labute approximate surface area is 61.5 Å². The molecule has 0 atom stereocenters. The molecule has 58 valence electrons. The highest BCUT2D eigenvalue weighted by atomic mass is 16.5. The lowest BCUT2D eigenvalue weighted by Crippen LogP contribution is -2.15. The van der Waals surface area contributed by atoms with E-state index in [1.165, 1.54) is 0 Å². The first-order chi connectivity index (χ1) is 4.81. The van der Waals surface area contributed by atoms with E-state index in [9.17, 15) is 4.79 Å². The number of carbonyl (C=O) groups is 1. The third-order valence-corrected chi connectivity index (χ3v) is 1.27. The van der Waals surface area contributed by atoms with Crippen LogP contribution in [0.25, 0.3) is 0 Å². The molecule has 0 saturated carbocycles. The molecular weight excluding hydrogens is 131 g/mol. The summed E-state index contributed by atoms with van der Waals surface area (Å²) >= 11 is 0. The Morgan fingerprint density at radius 1 is 1.60 bits per heavy atom. The molecule has 3 nitrogen and oxygen atoms in total. The molecule has 0 heterocycles. The van der Waals surface area contributed by atoms with Crippen molar-refractivity contribution in [2.24, 2.45) is 0 Å². The zero-order valence-electron chi connectivity index (χ0n) is 6.25. The van der Waals surface area contributed by atoms with Gasteiger partial charge in [-0.3, -0.25) is 4.79 Å². The molecule has 4 heteroatoms. The van der Waals surface area contributed by atoms with E-state index in [1.807, 2.05) is 0 Å². The maximum Gasteiger partial charge on any atom is 0.524 e. The standard InChI is InChI=1S/C6H13BO3/c1-2-3-4-5-7(9)10-6-8/h6,9H,2-5H2,1H3. The topological polar surface area (TPSA) is 46.5 Å². The van der Waals surface area contributed by atoms with Gasteiger partial charge in [0.25, 0.3) is 6.47 Å². The van der Waals surface area contributed by atoms with Crippen molar-refractivity contribution in [3.8, 4) is 0 Å². The summed E-state index contributed by atoms with van der Waals surface area (Å²) in [7, 11) is -0.899. The normalized spacial score (nSPS) is 9.00. The van der Waals surface area contributed by atoms with Crippen LogP contribution in [0.5, 0.6) is 0 Å². The van der Waals surface area contributed by atoms with Crippen molar-refractivity contribution in [3.63, 3.8) is 0 Å². The van der Waals surface area contributed by atoms with Gasteiger partial charge in [-0.1, -0.05) is 26.2 Å². The second-order valence-corrected chi connectivity index (χ2v) is 2.18. The minimum Gasteiger partial charge on any atom is -0.512 e. The third-order valence-electron chi connectivity index (χ3n) is 1.27. The minimum absolute atomic E-state index is 0.274. The molecule has 0 saturated heterocycles. The molecule has 0 aromatic heterocycles. The number of rotatable bonds is 6. The first kappa shape index (κ1) is 9.49. The Morgan fingerprint density at radius 2 is 2.30 bits per heavy atom. The van der Waals surface area contributed by atoms with Crippen molar-refractivity contribution in [1.29, 1.82) is 0 Å². The molecule has 0 aromatic carbocycles. The molecule has 0 spiro atoms. The molecule has 0 aliphatic heterocycles. The second kappa shape index (κ2) is 6.61. The van der Waals surface area contributed by atoms with E-state index in [1.54, 1.807) is 0 Å². The molecule has 0 unspecified atom stereocenters. The quantitative estimate of drug-likeness (QED) is 0.341. The molecule has 0 amide bonds. The Hall–Kier alpha value is -0.505. The van der Waals surface area contributed by atoms with Crippen LogP contribution in [0.1, 0.15) is 26.2 Å². The maximum absolute atomic E-state index is 9.67. The van der Waals surface area contributed by atoms with Crippen LogP contribution in [-0.4, -0.2) is 18.6 Å². The van der Waals surface area contributed by atoms with E-state index < -0.39 is 7.12 Å². The molecular formula is C6H13BO3. The van der Waals surface area contributed by atoms with Crippen molar-refractivity contribution in [3.05, 3.63) is 0 Å². The van der Waals surface area contributed by atoms with Gasteiger partial charge in [-0.15, -0.1) is 0 Å². The van der Waals surface area contributed by atoms with E-state index in [4.69, 9.17) is 5.02 Å². The molecule has 0 rings (SSSR count). The number of unbranched alkanes of at least 4 members (excludes halogenated alkanes) is 2. The van der Waals surface area contributed by atoms with Gasteiger partial charge < -0.3 is 9.68 Å². The van der Waals surface area contributed by atoms with Gasteiger partial charge in [0.2, 0.25) is 0 Å². The Balaban J connectivity index is 3.04. The van der Waals surface area contributed by atoms with Crippen LogP contribution in [0.2, 0.25) is 6.32 Å². The number of hydrogen-bond acceptors (Lipinski definition) is 3. The summed E-state index contributed by atoms with van der Waals surface area (Å²) in [5.74, 6) is 0. The van der Waals surface area contributed by atoms with Gasteiger partial charge in [-0.05, 0) is 6.32 Å². The Bertz CT molecular complexity index is 87.1. The van der Waals surface area contributed by atoms with E-state index >= 15 is 0 Å². The second-order valence-electron chi connectivity index (χ2n) is 2.18. The molecule has 0 radical (unpaired) electrons. The van der Waals surface area contributed by atoms with Crippen molar-refractivity contribution in [2.45, 2.75) is 32.5 Å². The van der Waals surface area contributed by atoms with E-state index in [-0.39, 0.29) is 6.47 Å². The molecule has 0 aliphatic carbocycles. The van der Waals surface area contributed by atoms with Gasteiger partial charge >= 0.3 is 7.12 Å². The summed E-state index contributed by atoms with van der Waals surface area (Å²) in [6, 6.07) is 0. The summed E-state index contributed by atoms with van der Waals surface area (Å²) in [6.45, 7) is 2.35. The molecule has 0 aromatic rings. The van der Waals surface area contributed by atoms with Gasteiger partial charge in [0.15, 0.2) is 0 Å². The van der Waals surface area contributed by atoms with Gasteiger partial charge in [0.05, 0.1) is 0 Å². The van der Waals surface area contributed by atoms with E-state index in [0.717, 1.165) is 19.3 Å². The molecule has 0 bridgehead atoms. The van der Waals surface area contributed by atoms with Crippen molar-refractivity contribution in [1.82, 2.24) is 0 Å². The lowest BCUT2D eigenvalue weighted by molar-refractivity contribution is -0.121. The fourth-order valence-electron chi connectivity index (χ4n) is 0.701. The highest BCUT2D eigenvalue weighted by Crippen LogP contribution is 2.01. The average molecular weight is 144 g/mol. The zero-order chi connectivity index (χ0) is 7.82. The van der Waals surface area contributed by atoms with Crippen LogP contribution in [0.15, 0.2) is 0 Å². The lowest BCUT2D eigenvalue weighted by atomic mass is 9.83. The first-order valence-corrected chi connectivity index (χ1v) is 3.58. The fourth-order valence-corrected chi connectivity index (χ4v) is 0.701. The van der Waals surface area contributed by atoms with Gasteiger partial charge in [-0.2, -0.15) is 0 Å². The van der Waals surface area contributed by atoms with Crippen LogP contribution in [0.4, 0.5) is 0 Å². The number of carbonyl (C=O) groups excluding carboxylic acids is 1. The van der Waals surface area contributed by atoms with Gasteiger partial charge in [-0.25, -0.2) is 0 Å². The Kier molecular flexibility index (Phi) is 6.28. The fraction of sp³-hybridized carbons (Fsp3) is 0.833. The summed E-state index contributed by atoms with van der Waals surface area (Å²) in [6.07, 6.45) is 3.63. The lowest BCUT2D eigenvalue weighted by Gasteiger charge is -2.00. The number of hydrogen-bond donors (Lipinski definition) is 1. The van der Waals surface area contributed by atoms with E-state index in [0.29, 0.717) is 6.32 Å². The molecule has 1 N–H and O–H groups in total. The van der Waals surface area contributed by atoms with Crippen LogP contribution < -0.4 is 0 Å². The van der Waals surface area contributed by atoms with Crippen LogP contribution in [0.3, 0.4) is 0 Å². The van der Waals surface area contributed by atoms with Gasteiger partial charge in [0.1, 0.15) is 0 Å². The maximum atomic E-state index is 9.67. The molecule has 0 fully saturated rings. The summed E-state index contributed by atoms with van der Waals surface area (Å²) in [5, 5.41) is 8.82. The largest absolute Gasteiger partial charge is 0.524 e. The molecule has 0 aliphatic rings. The Morgan fingerprint density at radius 3 is 2.80 bits per heavy atom. The van der Waals surface area contributed by atoms with E-state index in [2.05, 4.69) is 11.6 Å². The monoisotopic (exact) mass is 144 g/mol. The summed E-state index contributed by atoms with van der Waals surface area (Å²) in [5.41, 5.74) is 0. The predicted molar refractivity (Wildman–Crippen MR) is 39.5 cm³/mol. The van der Waals surface area contributed by atoms with Crippen molar-refractivity contribution < 1.29 is 14.5 Å².